The van der Waals surface area contributed by atoms with Gasteiger partial charge in [0.1, 0.15) is 6.26 Å². The molecule has 1 heterocycles. The molecule has 6 nitrogen and oxygen atoms in total. The maximum atomic E-state index is 12.0. The number of nitrogens with zero attached hydrogens (tertiary/aromatic N) is 1. The van der Waals surface area contributed by atoms with E-state index in [9.17, 15) is 8.42 Å². The summed E-state index contributed by atoms with van der Waals surface area (Å²) in [6, 6.07) is 5.99. The largest absolute Gasteiger partial charge is 0.398 e. The van der Waals surface area contributed by atoms with Gasteiger partial charge in [-0.05, 0) is 34.1 Å². The van der Waals surface area contributed by atoms with Crippen LogP contribution >= 0.6 is 15.9 Å². The summed E-state index contributed by atoms with van der Waals surface area (Å²) in [4.78, 5) is 0.132. The third kappa shape index (κ3) is 2.89. The van der Waals surface area contributed by atoms with Gasteiger partial charge in [0.15, 0.2) is 0 Å². The summed E-state index contributed by atoms with van der Waals surface area (Å²) in [6.07, 6.45) is 1.38. The SMILES string of the molecule is Nc1ccc(S(=O)(=O)NCc2ccon2)cc1Br. The van der Waals surface area contributed by atoms with Crippen molar-refractivity contribution >= 4 is 31.6 Å². The molecule has 0 bridgehead atoms. The number of hydrogen-bond donors (Lipinski definition) is 2. The van der Waals surface area contributed by atoms with Gasteiger partial charge in [0.05, 0.1) is 17.1 Å². The normalized spacial score (nSPS) is 11.6. The van der Waals surface area contributed by atoms with E-state index in [1.54, 1.807) is 6.07 Å². The molecule has 0 spiro atoms. The quantitative estimate of drug-likeness (QED) is 0.827. The molecule has 18 heavy (non-hydrogen) atoms. The van der Waals surface area contributed by atoms with Crippen molar-refractivity contribution in [1.29, 1.82) is 0 Å². The molecule has 0 saturated heterocycles. The van der Waals surface area contributed by atoms with Crippen LogP contribution in [0.5, 0.6) is 0 Å². The van der Waals surface area contributed by atoms with Gasteiger partial charge in [-0.25, -0.2) is 13.1 Å². The van der Waals surface area contributed by atoms with Gasteiger partial charge in [-0.1, -0.05) is 5.16 Å². The summed E-state index contributed by atoms with van der Waals surface area (Å²) in [5.41, 5.74) is 6.58. The Kier molecular flexibility index (Phi) is 3.69. The molecule has 0 unspecified atom stereocenters. The van der Waals surface area contributed by atoms with Gasteiger partial charge in [-0.3, -0.25) is 0 Å². The van der Waals surface area contributed by atoms with Gasteiger partial charge in [-0.15, -0.1) is 0 Å². The molecule has 8 heteroatoms. The molecule has 96 valence electrons. The highest BCUT2D eigenvalue weighted by Gasteiger charge is 2.15. The van der Waals surface area contributed by atoms with Gasteiger partial charge in [0, 0.05) is 16.2 Å². The summed E-state index contributed by atoms with van der Waals surface area (Å²) >= 11 is 3.18. The lowest BCUT2D eigenvalue weighted by atomic mass is 10.3. The molecule has 2 rings (SSSR count). The first-order valence-corrected chi connectivity index (χ1v) is 7.20. The van der Waals surface area contributed by atoms with Gasteiger partial charge in [-0.2, -0.15) is 0 Å². The smallest absolute Gasteiger partial charge is 0.240 e. The van der Waals surface area contributed by atoms with E-state index in [2.05, 4.69) is 30.3 Å². The number of benzene rings is 1. The Hall–Kier alpha value is -1.38. The van der Waals surface area contributed by atoms with Crippen LogP contribution < -0.4 is 10.5 Å². The monoisotopic (exact) mass is 331 g/mol. The Bertz CT molecular complexity index is 640. The first-order valence-electron chi connectivity index (χ1n) is 4.93. The Morgan fingerprint density at radius 2 is 2.17 bits per heavy atom. The van der Waals surface area contributed by atoms with Crippen molar-refractivity contribution in [2.45, 2.75) is 11.4 Å². The molecule has 0 saturated carbocycles. The highest BCUT2D eigenvalue weighted by molar-refractivity contribution is 9.10. The highest BCUT2D eigenvalue weighted by atomic mass is 79.9. The fourth-order valence-corrected chi connectivity index (χ4v) is 2.81. The number of nitrogen functional groups attached to an aromatic ring is 1. The molecule has 0 fully saturated rings. The number of sulfonamides is 1. The zero-order chi connectivity index (χ0) is 13.2. The molecule has 3 N–H and O–H groups in total. The van der Waals surface area contributed by atoms with Crippen LogP contribution in [0.1, 0.15) is 5.69 Å². The van der Waals surface area contributed by atoms with Crippen molar-refractivity contribution in [2.24, 2.45) is 0 Å². The number of rotatable bonds is 4. The van der Waals surface area contributed by atoms with E-state index in [1.165, 1.54) is 24.5 Å². The lowest BCUT2D eigenvalue weighted by Crippen LogP contribution is -2.23. The molecule has 2 aromatic rings. The lowest BCUT2D eigenvalue weighted by molar-refractivity contribution is 0.411. The average Bonchev–Trinajstić information content (AvgIpc) is 2.83. The van der Waals surface area contributed by atoms with Crippen molar-refractivity contribution in [2.75, 3.05) is 5.73 Å². The third-order valence-electron chi connectivity index (χ3n) is 2.22. The number of nitrogens with one attached hydrogen (secondary N) is 1. The fourth-order valence-electron chi connectivity index (χ4n) is 1.26. The summed E-state index contributed by atoms with van der Waals surface area (Å²) in [5.74, 6) is 0. The van der Waals surface area contributed by atoms with Crippen LogP contribution in [0.15, 0.2) is 44.4 Å². The van der Waals surface area contributed by atoms with E-state index < -0.39 is 10.0 Å². The van der Waals surface area contributed by atoms with E-state index in [-0.39, 0.29) is 11.4 Å². The molecular formula is C10H10BrN3O3S. The van der Waals surface area contributed by atoms with E-state index in [1.807, 2.05) is 0 Å². The number of anilines is 1. The summed E-state index contributed by atoms with van der Waals surface area (Å²) in [5, 5.41) is 3.61. The maximum absolute atomic E-state index is 12.0. The molecule has 1 aromatic heterocycles. The molecule has 0 radical (unpaired) electrons. The van der Waals surface area contributed by atoms with Crippen LogP contribution in [-0.2, 0) is 16.6 Å². The Balaban J connectivity index is 2.17. The highest BCUT2D eigenvalue weighted by Crippen LogP contribution is 2.22. The molecular weight excluding hydrogens is 322 g/mol. The molecule has 0 amide bonds. The van der Waals surface area contributed by atoms with Crippen LogP contribution in [0.2, 0.25) is 0 Å². The lowest BCUT2D eigenvalue weighted by Gasteiger charge is -2.06. The zero-order valence-corrected chi connectivity index (χ0v) is 11.5. The second-order valence-electron chi connectivity index (χ2n) is 3.50. The number of nitrogens with two attached hydrogens (primary N) is 1. The molecule has 0 atom stereocenters. The Morgan fingerprint density at radius 1 is 1.39 bits per heavy atom. The molecule has 0 aliphatic heterocycles. The third-order valence-corrected chi connectivity index (χ3v) is 4.30. The van der Waals surface area contributed by atoms with E-state index in [4.69, 9.17) is 5.73 Å². The number of halogens is 1. The second kappa shape index (κ2) is 5.09. The average molecular weight is 332 g/mol. The molecule has 0 aliphatic carbocycles. The first kappa shape index (κ1) is 13.1. The van der Waals surface area contributed by atoms with Crippen LogP contribution in [0.3, 0.4) is 0 Å². The second-order valence-corrected chi connectivity index (χ2v) is 6.12. The zero-order valence-electron chi connectivity index (χ0n) is 9.13. The van der Waals surface area contributed by atoms with Crippen LogP contribution in [0, 0.1) is 0 Å². The first-order chi connectivity index (χ1) is 8.49. The van der Waals surface area contributed by atoms with Gasteiger partial charge < -0.3 is 10.3 Å². The van der Waals surface area contributed by atoms with Gasteiger partial charge in [0.25, 0.3) is 0 Å². The Labute approximate surface area is 112 Å². The number of hydrogen-bond acceptors (Lipinski definition) is 5. The van der Waals surface area contributed by atoms with Crippen LogP contribution in [0.4, 0.5) is 5.69 Å². The molecule has 1 aromatic carbocycles. The summed E-state index contributed by atoms with van der Waals surface area (Å²) < 4.78 is 31.5. The standard InChI is InChI=1S/C10H10BrN3O3S/c11-9-5-8(1-2-10(9)12)18(15,16)13-6-7-3-4-17-14-7/h1-5,13H,6,12H2. The minimum Gasteiger partial charge on any atom is -0.398 e. The van der Waals surface area contributed by atoms with E-state index in [0.717, 1.165) is 0 Å². The topological polar surface area (TPSA) is 98.2 Å². The van der Waals surface area contributed by atoms with E-state index in [0.29, 0.717) is 15.9 Å². The van der Waals surface area contributed by atoms with Crippen LogP contribution in [-0.4, -0.2) is 13.6 Å². The van der Waals surface area contributed by atoms with Crippen LogP contribution in [0.25, 0.3) is 0 Å². The summed E-state index contributed by atoms with van der Waals surface area (Å²) in [6.45, 7) is 0.0703. The molecule has 0 aliphatic rings. The minimum atomic E-state index is -3.59. The Morgan fingerprint density at radius 3 is 2.78 bits per heavy atom. The number of aromatic nitrogens is 1. The van der Waals surface area contributed by atoms with Crippen molar-refractivity contribution < 1.29 is 12.9 Å². The predicted molar refractivity (Wildman–Crippen MR) is 69.1 cm³/mol. The van der Waals surface area contributed by atoms with Crippen molar-refractivity contribution in [3.63, 3.8) is 0 Å². The van der Waals surface area contributed by atoms with Crippen molar-refractivity contribution in [3.05, 3.63) is 40.7 Å². The summed E-state index contributed by atoms with van der Waals surface area (Å²) in [7, 11) is -3.59. The van der Waals surface area contributed by atoms with Gasteiger partial charge in [0.2, 0.25) is 10.0 Å². The predicted octanol–water partition coefficient (Wildman–Crippen LogP) is 1.50. The van der Waals surface area contributed by atoms with Crippen molar-refractivity contribution in [3.8, 4) is 0 Å². The van der Waals surface area contributed by atoms with Gasteiger partial charge >= 0.3 is 0 Å². The fraction of sp³-hybridized carbons (Fsp3) is 0.100. The van der Waals surface area contributed by atoms with E-state index >= 15 is 0 Å². The minimum absolute atomic E-state index is 0.0703. The maximum Gasteiger partial charge on any atom is 0.240 e. The van der Waals surface area contributed by atoms with Crippen molar-refractivity contribution in [1.82, 2.24) is 9.88 Å².